The molecule has 0 amide bonds. The maximum Gasteiger partial charge on any atom is 0.335 e. The van der Waals surface area contributed by atoms with E-state index in [1.165, 1.54) is 0 Å². The molecule has 0 aromatic heterocycles. The first-order chi connectivity index (χ1) is 10.3. The van der Waals surface area contributed by atoms with Gasteiger partial charge in [-0.1, -0.05) is 6.92 Å². The molecule has 0 radical (unpaired) electrons. The number of carboxylic acids is 1. The standard InChI is InChI=1S/C14H22O8/c1-6-2-4-7(5-3-6)13(20)22-14-10(17)8(15)9(16)11(21-14)12(18)19/h6-11,14-17H,2-5H2,1H3,(H,18,19)/t6-,7-,8-,9-,10+,11-,14?/m0/s1. The molecule has 5 atom stereocenters. The first-order valence-corrected chi connectivity index (χ1v) is 7.44. The Morgan fingerprint density at radius 1 is 1.00 bits per heavy atom. The maximum absolute atomic E-state index is 12.1. The number of carbonyl (C=O) groups is 2. The Balaban J connectivity index is 1.98. The van der Waals surface area contributed by atoms with Crippen LogP contribution in [-0.4, -0.2) is 63.1 Å². The highest BCUT2D eigenvalue weighted by atomic mass is 16.7. The molecule has 1 saturated carbocycles. The molecule has 1 saturated heterocycles. The van der Waals surface area contributed by atoms with Crippen molar-refractivity contribution in [2.75, 3.05) is 0 Å². The number of ether oxygens (including phenoxy) is 2. The number of rotatable bonds is 3. The fourth-order valence-electron chi connectivity index (χ4n) is 2.86. The molecule has 1 heterocycles. The van der Waals surface area contributed by atoms with E-state index < -0.39 is 42.6 Å². The van der Waals surface area contributed by atoms with Crippen LogP contribution in [0.15, 0.2) is 0 Å². The van der Waals surface area contributed by atoms with Crippen LogP contribution < -0.4 is 0 Å². The van der Waals surface area contributed by atoms with Gasteiger partial charge in [-0.15, -0.1) is 0 Å². The molecule has 1 aliphatic carbocycles. The molecular weight excluding hydrogens is 296 g/mol. The Morgan fingerprint density at radius 3 is 2.14 bits per heavy atom. The summed E-state index contributed by atoms with van der Waals surface area (Å²) < 4.78 is 9.95. The van der Waals surface area contributed by atoms with Crippen molar-refractivity contribution in [2.24, 2.45) is 11.8 Å². The number of carboxylic acid groups (broad SMARTS) is 1. The van der Waals surface area contributed by atoms with Crippen molar-refractivity contribution in [1.29, 1.82) is 0 Å². The van der Waals surface area contributed by atoms with E-state index in [1.807, 2.05) is 0 Å². The lowest BCUT2D eigenvalue weighted by molar-refractivity contribution is -0.287. The van der Waals surface area contributed by atoms with E-state index in [0.29, 0.717) is 18.8 Å². The van der Waals surface area contributed by atoms with Gasteiger partial charge in [0.1, 0.15) is 18.3 Å². The van der Waals surface area contributed by atoms with Gasteiger partial charge in [0.15, 0.2) is 6.10 Å². The highest BCUT2D eigenvalue weighted by Crippen LogP contribution is 2.30. The third-order valence-corrected chi connectivity index (χ3v) is 4.39. The zero-order chi connectivity index (χ0) is 16.4. The fraction of sp³-hybridized carbons (Fsp3) is 0.857. The van der Waals surface area contributed by atoms with Crippen molar-refractivity contribution in [2.45, 2.75) is 63.3 Å². The van der Waals surface area contributed by atoms with Gasteiger partial charge in [-0.05, 0) is 31.6 Å². The lowest BCUT2D eigenvalue weighted by atomic mass is 9.83. The Morgan fingerprint density at radius 2 is 1.59 bits per heavy atom. The summed E-state index contributed by atoms with van der Waals surface area (Å²) in [5.74, 6) is -1.86. The fourth-order valence-corrected chi connectivity index (χ4v) is 2.86. The molecule has 0 aromatic rings. The van der Waals surface area contributed by atoms with Crippen LogP contribution in [0.4, 0.5) is 0 Å². The van der Waals surface area contributed by atoms with Crippen LogP contribution in [0.3, 0.4) is 0 Å². The Labute approximate surface area is 127 Å². The number of carbonyl (C=O) groups excluding carboxylic acids is 1. The van der Waals surface area contributed by atoms with E-state index in [0.717, 1.165) is 12.8 Å². The molecule has 0 aromatic carbocycles. The van der Waals surface area contributed by atoms with E-state index >= 15 is 0 Å². The second-order valence-corrected chi connectivity index (χ2v) is 6.13. The zero-order valence-corrected chi connectivity index (χ0v) is 12.3. The number of esters is 1. The summed E-state index contributed by atoms with van der Waals surface area (Å²) in [6, 6.07) is 0. The summed E-state index contributed by atoms with van der Waals surface area (Å²) in [7, 11) is 0. The van der Waals surface area contributed by atoms with Crippen molar-refractivity contribution in [1.82, 2.24) is 0 Å². The van der Waals surface area contributed by atoms with Crippen molar-refractivity contribution in [3.63, 3.8) is 0 Å². The summed E-state index contributed by atoms with van der Waals surface area (Å²) in [6.07, 6.45) is -5.50. The lowest BCUT2D eigenvalue weighted by Crippen LogP contribution is -2.60. The topological polar surface area (TPSA) is 134 Å². The molecule has 126 valence electrons. The highest BCUT2D eigenvalue weighted by molar-refractivity contribution is 5.74. The molecule has 0 spiro atoms. The monoisotopic (exact) mass is 318 g/mol. The first-order valence-electron chi connectivity index (χ1n) is 7.44. The molecule has 8 heteroatoms. The minimum Gasteiger partial charge on any atom is -0.479 e. The van der Waals surface area contributed by atoms with Gasteiger partial charge >= 0.3 is 11.9 Å². The van der Waals surface area contributed by atoms with Crippen molar-refractivity contribution in [3.8, 4) is 0 Å². The van der Waals surface area contributed by atoms with Gasteiger partial charge in [0.2, 0.25) is 6.29 Å². The maximum atomic E-state index is 12.1. The molecule has 1 aliphatic heterocycles. The molecule has 2 rings (SSSR count). The van der Waals surface area contributed by atoms with Gasteiger partial charge in [0.05, 0.1) is 5.92 Å². The van der Waals surface area contributed by atoms with Gasteiger partial charge < -0.3 is 29.9 Å². The average molecular weight is 318 g/mol. The third-order valence-electron chi connectivity index (χ3n) is 4.39. The summed E-state index contributed by atoms with van der Waals surface area (Å²) in [6.45, 7) is 2.10. The predicted molar refractivity (Wildman–Crippen MR) is 71.5 cm³/mol. The van der Waals surface area contributed by atoms with Crippen LogP contribution in [0.25, 0.3) is 0 Å². The van der Waals surface area contributed by atoms with Gasteiger partial charge in [-0.3, -0.25) is 4.79 Å². The smallest absolute Gasteiger partial charge is 0.335 e. The SMILES string of the molecule is C[C@H]1CC[C@H](C(=O)OC2O[C@H](C(=O)O)[C@@H](O)[C@H](O)[C@H]2O)CC1. The van der Waals surface area contributed by atoms with E-state index in [9.17, 15) is 24.9 Å². The average Bonchev–Trinajstić information content (AvgIpc) is 2.48. The van der Waals surface area contributed by atoms with E-state index in [2.05, 4.69) is 6.92 Å². The predicted octanol–water partition coefficient (Wildman–Crippen LogP) is -0.752. The van der Waals surface area contributed by atoms with Crippen molar-refractivity contribution >= 4 is 11.9 Å². The van der Waals surface area contributed by atoms with Crippen LogP contribution in [0.1, 0.15) is 32.6 Å². The Hall–Kier alpha value is -1.22. The second-order valence-electron chi connectivity index (χ2n) is 6.13. The van der Waals surface area contributed by atoms with Crippen LogP contribution in [-0.2, 0) is 19.1 Å². The quantitative estimate of drug-likeness (QED) is 0.499. The Bertz CT molecular complexity index is 417. The molecule has 2 aliphatic rings. The van der Waals surface area contributed by atoms with E-state index in [1.54, 1.807) is 0 Å². The van der Waals surface area contributed by atoms with Gasteiger partial charge in [-0.2, -0.15) is 0 Å². The summed E-state index contributed by atoms with van der Waals surface area (Å²) >= 11 is 0. The van der Waals surface area contributed by atoms with Gasteiger partial charge in [0, 0.05) is 0 Å². The zero-order valence-electron chi connectivity index (χ0n) is 12.3. The van der Waals surface area contributed by atoms with Crippen molar-refractivity contribution in [3.05, 3.63) is 0 Å². The summed E-state index contributed by atoms with van der Waals surface area (Å²) in [4.78, 5) is 23.0. The third kappa shape index (κ3) is 3.57. The number of hydrogen-bond acceptors (Lipinski definition) is 7. The van der Waals surface area contributed by atoms with Crippen LogP contribution in [0.2, 0.25) is 0 Å². The van der Waals surface area contributed by atoms with Crippen LogP contribution in [0.5, 0.6) is 0 Å². The number of aliphatic carboxylic acids is 1. The molecule has 8 nitrogen and oxygen atoms in total. The number of hydrogen-bond donors (Lipinski definition) is 4. The van der Waals surface area contributed by atoms with Crippen molar-refractivity contribution < 1.29 is 39.5 Å². The van der Waals surface area contributed by atoms with E-state index in [4.69, 9.17) is 14.6 Å². The molecule has 0 bridgehead atoms. The number of aliphatic hydroxyl groups excluding tert-OH is 3. The van der Waals surface area contributed by atoms with Gasteiger partial charge in [-0.25, -0.2) is 4.79 Å². The number of aliphatic hydroxyl groups is 3. The van der Waals surface area contributed by atoms with Crippen LogP contribution in [0, 0.1) is 11.8 Å². The molecule has 22 heavy (non-hydrogen) atoms. The second kappa shape index (κ2) is 6.91. The molecular formula is C14H22O8. The molecule has 1 unspecified atom stereocenters. The minimum absolute atomic E-state index is 0.320. The van der Waals surface area contributed by atoms with Crippen LogP contribution >= 0.6 is 0 Å². The first kappa shape index (κ1) is 17.1. The Kier molecular flexibility index (Phi) is 5.38. The van der Waals surface area contributed by atoms with Gasteiger partial charge in [0.25, 0.3) is 0 Å². The highest BCUT2D eigenvalue weighted by Gasteiger charge is 2.49. The summed E-state index contributed by atoms with van der Waals surface area (Å²) in [5, 5.41) is 37.9. The lowest BCUT2D eigenvalue weighted by Gasteiger charge is -2.38. The molecule has 2 fully saturated rings. The summed E-state index contributed by atoms with van der Waals surface area (Å²) in [5.41, 5.74) is 0. The van der Waals surface area contributed by atoms with E-state index in [-0.39, 0.29) is 5.92 Å². The molecule has 4 N–H and O–H groups in total. The normalized spacial score (nSPS) is 42.6. The largest absolute Gasteiger partial charge is 0.479 e. The minimum atomic E-state index is -1.79.